The predicted octanol–water partition coefficient (Wildman–Crippen LogP) is 2.16. The number of aromatic nitrogens is 4. The number of nitrogens with zero attached hydrogens (tertiary/aromatic N) is 6. The number of hydrogen-bond acceptors (Lipinski definition) is 6. The van der Waals surface area contributed by atoms with Crippen molar-refractivity contribution >= 4 is 11.8 Å². The smallest absolute Gasteiger partial charge is 0.244 e. The van der Waals surface area contributed by atoms with E-state index >= 15 is 0 Å². The van der Waals surface area contributed by atoms with Crippen molar-refractivity contribution in [3.63, 3.8) is 0 Å². The Morgan fingerprint density at radius 2 is 2.10 bits per heavy atom. The van der Waals surface area contributed by atoms with Gasteiger partial charge in [0.2, 0.25) is 17.7 Å². The lowest BCUT2D eigenvalue weighted by atomic mass is 10.0. The van der Waals surface area contributed by atoms with Crippen molar-refractivity contribution in [1.82, 2.24) is 29.7 Å². The van der Waals surface area contributed by atoms with Crippen molar-refractivity contribution in [2.75, 3.05) is 19.6 Å². The Labute approximate surface area is 183 Å². The lowest BCUT2D eigenvalue weighted by Gasteiger charge is -2.39. The first-order chi connectivity index (χ1) is 14.7. The van der Waals surface area contributed by atoms with Crippen LogP contribution in [-0.4, -0.2) is 67.2 Å². The maximum absolute atomic E-state index is 12.9. The zero-order valence-corrected chi connectivity index (χ0v) is 19.3. The highest BCUT2D eigenvalue weighted by atomic mass is 16.5. The summed E-state index contributed by atoms with van der Waals surface area (Å²) in [5.74, 6) is 1.75. The number of amides is 2. The van der Waals surface area contributed by atoms with Gasteiger partial charge in [0.15, 0.2) is 5.82 Å². The van der Waals surface area contributed by atoms with Crippen molar-refractivity contribution in [2.45, 2.75) is 72.9 Å². The van der Waals surface area contributed by atoms with Crippen LogP contribution in [0.25, 0.3) is 0 Å². The van der Waals surface area contributed by atoms with Crippen LogP contribution in [0.3, 0.4) is 0 Å². The largest absolute Gasteiger partial charge is 0.339 e. The van der Waals surface area contributed by atoms with Gasteiger partial charge in [-0.15, -0.1) is 0 Å². The summed E-state index contributed by atoms with van der Waals surface area (Å²) in [6.07, 6.45) is 3.04. The molecule has 170 valence electrons. The minimum atomic E-state index is -0.00214. The van der Waals surface area contributed by atoms with Crippen molar-refractivity contribution < 1.29 is 14.1 Å². The van der Waals surface area contributed by atoms with E-state index in [1.54, 1.807) is 11.6 Å². The van der Waals surface area contributed by atoms with Gasteiger partial charge in [0.1, 0.15) is 6.54 Å². The van der Waals surface area contributed by atoms with E-state index in [0.717, 1.165) is 30.7 Å². The van der Waals surface area contributed by atoms with Crippen LogP contribution in [0.4, 0.5) is 0 Å². The Hall–Kier alpha value is -2.71. The van der Waals surface area contributed by atoms with Crippen LogP contribution in [0, 0.1) is 19.8 Å². The second-order valence-electron chi connectivity index (χ2n) is 8.89. The molecule has 2 aromatic heterocycles. The number of rotatable bonds is 8. The van der Waals surface area contributed by atoms with Gasteiger partial charge in [-0.2, -0.15) is 10.1 Å². The predicted molar refractivity (Wildman–Crippen MR) is 115 cm³/mol. The molecule has 0 spiro atoms. The van der Waals surface area contributed by atoms with Gasteiger partial charge in [-0.3, -0.25) is 14.3 Å². The van der Waals surface area contributed by atoms with Gasteiger partial charge < -0.3 is 14.3 Å². The molecule has 2 aromatic rings. The van der Waals surface area contributed by atoms with Gasteiger partial charge in [-0.05, 0) is 38.7 Å². The molecule has 1 unspecified atom stereocenters. The summed E-state index contributed by atoms with van der Waals surface area (Å²) in [6, 6.07) is 1.96. The number of piperidine rings is 1. The highest BCUT2D eigenvalue weighted by molar-refractivity contribution is 5.77. The highest BCUT2D eigenvalue weighted by Crippen LogP contribution is 2.18. The number of aryl methyl sites for hydroxylation is 2. The van der Waals surface area contributed by atoms with Crippen LogP contribution in [0.1, 0.15) is 56.7 Å². The fraction of sp³-hybridized carbons (Fsp3) is 0.682. The quantitative estimate of drug-likeness (QED) is 0.637. The topological polar surface area (TPSA) is 97.4 Å². The molecule has 1 atom stereocenters. The number of carbonyl (C=O) groups excluding carboxylic acids is 2. The molecule has 0 bridgehead atoms. The zero-order valence-electron chi connectivity index (χ0n) is 19.3. The molecule has 9 nitrogen and oxygen atoms in total. The summed E-state index contributed by atoms with van der Waals surface area (Å²) in [6.45, 7) is 11.7. The maximum atomic E-state index is 12.9. The third-order valence-electron chi connectivity index (χ3n) is 5.65. The van der Waals surface area contributed by atoms with Gasteiger partial charge in [0.25, 0.3) is 0 Å². The van der Waals surface area contributed by atoms with Gasteiger partial charge in [-0.25, -0.2) is 0 Å². The summed E-state index contributed by atoms with van der Waals surface area (Å²) in [5, 5.41) is 8.44. The van der Waals surface area contributed by atoms with Gasteiger partial charge in [0.05, 0.1) is 5.69 Å². The summed E-state index contributed by atoms with van der Waals surface area (Å²) in [5.41, 5.74) is 1.88. The fourth-order valence-electron chi connectivity index (χ4n) is 4.14. The molecule has 1 fully saturated rings. The normalized spacial score (nSPS) is 16.7. The molecule has 1 aliphatic rings. The molecule has 3 heterocycles. The van der Waals surface area contributed by atoms with Crippen LogP contribution in [0.2, 0.25) is 0 Å². The standard InChI is InChI=1S/C22H34N6O3/c1-15(2)11-21-23-20(25-31-21)8-10-27(18(5)29)19-7-6-9-26(13-19)22(30)14-28-17(4)12-16(3)24-28/h12,15,19H,6-11,13-14H2,1-5H3. The lowest BCUT2D eigenvalue weighted by Crippen LogP contribution is -2.52. The van der Waals surface area contributed by atoms with E-state index in [-0.39, 0.29) is 24.4 Å². The number of likely N-dealkylation sites (tertiary alicyclic amines) is 1. The van der Waals surface area contributed by atoms with Crippen LogP contribution >= 0.6 is 0 Å². The van der Waals surface area contributed by atoms with Crippen molar-refractivity contribution in [3.8, 4) is 0 Å². The third kappa shape index (κ3) is 6.15. The molecule has 0 radical (unpaired) electrons. The molecule has 31 heavy (non-hydrogen) atoms. The van der Waals surface area contributed by atoms with Crippen molar-refractivity contribution in [3.05, 3.63) is 29.2 Å². The van der Waals surface area contributed by atoms with Gasteiger partial charge >= 0.3 is 0 Å². The van der Waals surface area contributed by atoms with E-state index in [0.29, 0.717) is 43.7 Å². The van der Waals surface area contributed by atoms with Crippen LogP contribution in [-0.2, 0) is 29.0 Å². The Morgan fingerprint density at radius 3 is 2.74 bits per heavy atom. The molecule has 0 aliphatic carbocycles. The molecule has 0 N–H and O–H groups in total. The Kier molecular flexibility index (Phi) is 7.46. The molecule has 0 saturated carbocycles. The average molecular weight is 431 g/mol. The first kappa shape index (κ1) is 23.0. The van der Waals surface area contributed by atoms with Gasteiger partial charge in [-0.1, -0.05) is 19.0 Å². The SMILES string of the molecule is CC(=O)N(CCc1noc(CC(C)C)n1)C1CCCN(C(=O)Cn2nc(C)cc2C)C1. The average Bonchev–Trinajstić information content (AvgIpc) is 3.26. The summed E-state index contributed by atoms with van der Waals surface area (Å²) < 4.78 is 7.05. The van der Waals surface area contributed by atoms with Crippen LogP contribution < -0.4 is 0 Å². The van der Waals surface area contributed by atoms with E-state index in [1.807, 2.05) is 29.7 Å². The summed E-state index contributed by atoms with van der Waals surface area (Å²) >= 11 is 0. The molecule has 3 rings (SSSR count). The Balaban J connectivity index is 1.59. The van der Waals surface area contributed by atoms with E-state index in [4.69, 9.17) is 4.52 Å². The number of hydrogen-bond donors (Lipinski definition) is 0. The van der Waals surface area contributed by atoms with E-state index in [2.05, 4.69) is 29.1 Å². The van der Waals surface area contributed by atoms with E-state index < -0.39 is 0 Å². The summed E-state index contributed by atoms with van der Waals surface area (Å²) in [7, 11) is 0. The van der Waals surface area contributed by atoms with E-state index in [9.17, 15) is 9.59 Å². The van der Waals surface area contributed by atoms with Crippen LogP contribution in [0.15, 0.2) is 10.6 Å². The maximum Gasteiger partial charge on any atom is 0.244 e. The molecule has 1 aliphatic heterocycles. The minimum Gasteiger partial charge on any atom is -0.339 e. The molecular weight excluding hydrogens is 396 g/mol. The van der Waals surface area contributed by atoms with Crippen molar-refractivity contribution in [1.29, 1.82) is 0 Å². The minimum absolute atomic E-state index is 0.00214. The van der Waals surface area contributed by atoms with Gasteiger partial charge in [0, 0.05) is 51.1 Å². The second-order valence-corrected chi connectivity index (χ2v) is 8.89. The molecule has 1 saturated heterocycles. The fourth-order valence-corrected chi connectivity index (χ4v) is 4.14. The number of carbonyl (C=O) groups is 2. The molecule has 0 aromatic carbocycles. The lowest BCUT2D eigenvalue weighted by molar-refractivity contribution is -0.139. The zero-order chi connectivity index (χ0) is 22.5. The highest BCUT2D eigenvalue weighted by Gasteiger charge is 2.29. The summed E-state index contributed by atoms with van der Waals surface area (Å²) in [4.78, 5) is 33.4. The second kappa shape index (κ2) is 10.1. The van der Waals surface area contributed by atoms with E-state index in [1.165, 1.54) is 0 Å². The monoisotopic (exact) mass is 430 g/mol. The first-order valence-corrected chi connectivity index (χ1v) is 11.1. The third-order valence-corrected chi connectivity index (χ3v) is 5.65. The molecule has 2 amide bonds. The molecular formula is C22H34N6O3. The van der Waals surface area contributed by atoms with Crippen LogP contribution in [0.5, 0.6) is 0 Å². The Bertz CT molecular complexity index is 903. The van der Waals surface area contributed by atoms with Crippen molar-refractivity contribution in [2.24, 2.45) is 5.92 Å². The first-order valence-electron chi connectivity index (χ1n) is 11.1. The molecule has 9 heteroatoms. The Morgan fingerprint density at radius 1 is 1.32 bits per heavy atom.